The molecule has 0 unspecified atom stereocenters. The summed E-state index contributed by atoms with van der Waals surface area (Å²) in [6.45, 7) is 10.1. The predicted octanol–water partition coefficient (Wildman–Crippen LogP) is 2.43. The maximum absolute atomic E-state index is 5.87. The van der Waals surface area contributed by atoms with E-state index in [1.807, 2.05) is 19.1 Å². The van der Waals surface area contributed by atoms with Crippen molar-refractivity contribution in [3.8, 4) is 0 Å². The first-order valence-electron chi connectivity index (χ1n) is 6.65. The van der Waals surface area contributed by atoms with E-state index < -0.39 is 0 Å². The number of hydrogen-bond acceptors (Lipinski definition) is 2. The molecule has 0 fully saturated rings. The second-order valence-electron chi connectivity index (χ2n) is 5.48. The summed E-state index contributed by atoms with van der Waals surface area (Å²) >= 11 is 0. The molecule has 0 saturated carbocycles. The standard InChI is InChI=1S/C15H25N3O/c1-5-19-11-13-9-7-6-8-12(13)10-17-14(16)18-15(2,3)4/h6-9H,5,10-11H2,1-4H3,(H3,16,17,18). The predicted molar refractivity (Wildman–Crippen MR) is 80.0 cm³/mol. The van der Waals surface area contributed by atoms with Crippen molar-refractivity contribution in [3.05, 3.63) is 35.4 Å². The minimum atomic E-state index is -0.0710. The second kappa shape index (κ2) is 7.14. The number of guanidine groups is 1. The van der Waals surface area contributed by atoms with E-state index in [9.17, 15) is 0 Å². The van der Waals surface area contributed by atoms with E-state index in [1.54, 1.807) is 0 Å². The molecular weight excluding hydrogens is 238 g/mol. The van der Waals surface area contributed by atoms with Crippen LogP contribution >= 0.6 is 0 Å². The van der Waals surface area contributed by atoms with Gasteiger partial charge in [-0.15, -0.1) is 0 Å². The minimum Gasteiger partial charge on any atom is -0.377 e. The number of nitrogens with one attached hydrogen (secondary N) is 1. The van der Waals surface area contributed by atoms with Gasteiger partial charge in [-0.2, -0.15) is 0 Å². The second-order valence-corrected chi connectivity index (χ2v) is 5.48. The normalized spacial score (nSPS) is 12.5. The first-order chi connectivity index (χ1) is 8.92. The molecule has 0 heterocycles. The molecule has 0 aliphatic rings. The highest BCUT2D eigenvalue weighted by Crippen LogP contribution is 2.11. The van der Waals surface area contributed by atoms with Crippen LogP contribution in [-0.2, 0) is 17.9 Å². The summed E-state index contributed by atoms with van der Waals surface area (Å²) in [5.74, 6) is 0.471. The van der Waals surface area contributed by atoms with Crippen LogP contribution < -0.4 is 11.1 Å². The van der Waals surface area contributed by atoms with Crippen molar-refractivity contribution < 1.29 is 4.74 Å². The van der Waals surface area contributed by atoms with Crippen molar-refractivity contribution in [2.24, 2.45) is 10.7 Å². The van der Waals surface area contributed by atoms with Crippen LogP contribution in [0.5, 0.6) is 0 Å². The summed E-state index contributed by atoms with van der Waals surface area (Å²) in [7, 11) is 0. The highest BCUT2D eigenvalue weighted by molar-refractivity contribution is 5.78. The Balaban J connectivity index is 2.68. The first kappa shape index (κ1) is 15.5. The van der Waals surface area contributed by atoms with Crippen LogP contribution in [0, 0.1) is 0 Å². The molecule has 4 nitrogen and oxygen atoms in total. The zero-order valence-electron chi connectivity index (χ0n) is 12.4. The molecule has 0 saturated heterocycles. The van der Waals surface area contributed by atoms with Gasteiger partial charge in [-0.05, 0) is 38.8 Å². The Bertz CT molecular complexity index is 422. The van der Waals surface area contributed by atoms with E-state index >= 15 is 0 Å². The summed E-state index contributed by atoms with van der Waals surface area (Å²) in [4.78, 5) is 4.38. The molecule has 0 radical (unpaired) electrons. The fourth-order valence-electron chi connectivity index (χ4n) is 1.66. The molecule has 19 heavy (non-hydrogen) atoms. The van der Waals surface area contributed by atoms with Crippen molar-refractivity contribution in [1.82, 2.24) is 5.32 Å². The lowest BCUT2D eigenvalue weighted by atomic mass is 10.1. The molecule has 0 atom stereocenters. The van der Waals surface area contributed by atoms with Gasteiger partial charge in [0.1, 0.15) is 0 Å². The topological polar surface area (TPSA) is 59.6 Å². The van der Waals surface area contributed by atoms with Crippen molar-refractivity contribution in [3.63, 3.8) is 0 Å². The highest BCUT2D eigenvalue weighted by Gasteiger charge is 2.09. The molecule has 106 valence electrons. The maximum Gasteiger partial charge on any atom is 0.189 e. The van der Waals surface area contributed by atoms with E-state index in [2.05, 4.69) is 43.2 Å². The minimum absolute atomic E-state index is 0.0710. The Hall–Kier alpha value is -1.55. The van der Waals surface area contributed by atoms with Crippen LogP contribution in [-0.4, -0.2) is 18.1 Å². The third-order valence-electron chi connectivity index (χ3n) is 2.50. The van der Waals surface area contributed by atoms with Gasteiger partial charge in [0.15, 0.2) is 5.96 Å². The molecular formula is C15H25N3O. The number of nitrogens with two attached hydrogens (primary N) is 1. The summed E-state index contributed by atoms with van der Waals surface area (Å²) in [6.07, 6.45) is 0. The molecule has 0 spiro atoms. The van der Waals surface area contributed by atoms with Gasteiger partial charge in [-0.1, -0.05) is 24.3 Å². The molecule has 0 amide bonds. The van der Waals surface area contributed by atoms with Gasteiger partial charge in [0.25, 0.3) is 0 Å². The van der Waals surface area contributed by atoms with Crippen LogP contribution in [0.2, 0.25) is 0 Å². The molecule has 1 aromatic carbocycles. The van der Waals surface area contributed by atoms with E-state index in [4.69, 9.17) is 10.5 Å². The van der Waals surface area contributed by atoms with Gasteiger partial charge in [0, 0.05) is 12.1 Å². The van der Waals surface area contributed by atoms with E-state index in [-0.39, 0.29) is 5.54 Å². The number of ether oxygens (including phenoxy) is 1. The molecule has 0 aliphatic heterocycles. The Labute approximate surface area is 116 Å². The monoisotopic (exact) mass is 263 g/mol. The molecule has 1 rings (SSSR count). The van der Waals surface area contributed by atoms with Gasteiger partial charge >= 0.3 is 0 Å². The maximum atomic E-state index is 5.87. The van der Waals surface area contributed by atoms with Gasteiger partial charge < -0.3 is 15.8 Å². The summed E-state index contributed by atoms with van der Waals surface area (Å²) in [5, 5.41) is 3.15. The van der Waals surface area contributed by atoms with Crippen LogP contribution in [0.15, 0.2) is 29.3 Å². The average molecular weight is 263 g/mol. The Morgan fingerprint density at radius 2 is 1.89 bits per heavy atom. The largest absolute Gasteiger partial charge is 0.377 e. The molecule has 0 aromatic heterocycles. The van der Waals surface area contributed by atoms with Crippen molar-refractivity contribution >= 4 is 5.96 Å². The fourth-order valence-corrected chi connectivity index (χ4v) is 1.66. The summed E-state index contributed by atoms with van der Waals surface area (Å²) in [5.41, 5.74) is 8.11. The lowest BCUT2D eigenvalue weighted by molar-refractivity contribution is 0.133. The lowest BCUT2D eigenvalue weighted by Gasteiger charge is -2.21. The van der Waals surface area contributed by atoms with Crippen LogP contribution in [0.25, 0.3) is 0 Å². The Morgan fingerprint density at radius 3 is 2.47 bits per heavy atom. The van der Waals surface area contributed by atoms with Gasteiger partial charge in [0.2, 0.25) is 0 Å². The van der Waals surface area contributed by atoms with Crippen molar-refractivity contribution in [2.75, 3.05) is 6.61 Å². The highest BCUT2D eigenvalue weighted by atomic mass is 16.5. The SMILES string of the molecule is CCOCc1ccccc1CN=C(N)NC(C)(C)C. The zero-order chi connectivity index (χ0) is 14.3. The number of rotatable bonds is 5. The fraction of sp³-hybridized carbons (Fsp3) is 0.533. The Kier molecular flexibility index (Phi) is 5.83. The number of benzene rings is 1. The number of nitrogens with zero attached hydrogens (tertiary/aromatic N) is 1. The first-order valence-corrected chi connectivity index (χ1v) is 6.65. The van der Waals surface area contributed by atoms with E-state index in [1.165, 1.54) is 0 Å². The summed E-state index contributed by atoms with van der Waals surface area (Å²) < 4.78 is 5.45. The molecule has 3 N–H and O–H groups in total. The third-order valence-corrected chi connectivity index (χ3v) is 2.50. The molecule has 0 aliphatic carbocycles. The summed E-state index contributed by atoms with van der Waals surface area (Å²) in [6, 6.07) is 8.14. The van der Waals surface area contributed by atoms with E-state index in [0.717, 1.165) is 11.1 Å². The number of hydrogen-bond donors (Lipinski definition) is 2. The Morgan fingerprint density at radius 1 is 1.26 bits per heavy atom. The van der Waals surface area contributed by atoms with Crippen LogP contribution in [0.1, 0.15) is 38.8 Å². The van der Waals surface area contributed by atoms with Crippen molar-refractivity contribution in [2.45, 2.75) is 46.4 Å². The average Bonchev–Trinajstić information content (AvgIpc) is 2.32. The van der Waals surface area contributed by atoms with E-state index in [0.29, 0.717) is 25.7 Å². The zero-order valence-corrected chi connectivity index (χ0v) is 12.4. The quantitative estimate of drug-likeness (QED) is 0.633. The molecule has 4 heteroatoms. The van der Waals surface area contributed by atoms with Crippen LogP contribution in [0.3, 0.4) is 0 Å². The smallest absolute Gasteiger partial charge is 0.189 e. The number of aliphatic imine (C=N–C) groups is 1. The van der Waals surface area contributed by atoms with Gasteiger partial charge in [0.05, 0.1) is 13.2 Å². The third kappa shape index (κ3) is 6.25. The van der Waals surface area contributed by atoms with Crippen LogP contribution in [0.4, 0.5) is 0 Å². The lowest BCUT2D eigenvalue weighted by Crippen LogP contribution is -2.45. The van der Waals surface area contributed by atoms with Gasteiger partial charge in [-0.25, -0.2) is 4.99 Å². The molecule has 1 aromatic rings. The van der Waals surface area contributed by atoms with Crippen molar-refractivity contribution in [1.29, 1.82) is 0 Å². The molecule has 0 bridgehead atoms. The van der Waals surface area contributed by atoms with Gasteiger partial charge in [-0.3, -0.25) is 0 Å².